The van der Waals surface area contributed by atoms with Gasteiger partial charge in [0.25, 0.3) is 5.91 Å². The van der Waals surface area contributed by atoms with Gasteiger partial charge in [0.1, 0.15) is 5.75 Å². The number of hydrogen-bond donors (Lipinski definition) is 2. The van der Waals surface area contributed by atoms with E-state index >= 15 is 0 Å². The Kier molecular flexibility index (Phi) is 10.6. The molecule has 1 saturated heterocycles. The number of benzene rings is 3. The topological polar surface area (TPSA) is 116 Å². The van der Waals surface area contributed by atoms with Gasteiger partial charge in [-0.1, -0.05) is 18.9 Å². The number of hydrogen-bond acceptors (Lipinski definition) is 9. The number of rotatable bonds is 11. The summed E-state index contributed by atoms with van der Waals surface area (Å²) >= 11 is 0. The molecule has 1 aliphatic heterocycles. The fourth-order valence-corrected chi connectivity index (χ4v) is 4.94. The monoisotopic (exact) mass is 591 g/mol. The third kappa shape index (κ3) is 7.25. The van der Waals surface area contributed by atoms with Crippen LogP contribution in [0.15, 0.2) is 48.5 Å². The van der Waals surface area contributed by atoms with Crippen molar-refractivity contribution < 1.29 is 43.5 Å². The summed E-state index contributed by atoms with van der Waals surface area (Å²) < 4.78 is 34.5. The lowest BCUT2D eigenvalue weighted by atomic mass is 9.91. The van der Waals surface area contributed by atoms with Crippen LogP contribution in [0.5, 0.6) is 34.5 Å². The fourth-order valence-electron chi connectivity index (χ4n) is 4.94. The Morgan fingerprint density at radius 3 is 2.16 bits per heavy atom. The lowest BCUT2D eigenvalue weighted by Crippen LogP contribution is -2.22. The number of hydroxylamine groups is 2. The summed E-state index contributed by atoms with van der Waals surface area (Å²) in [4.78, 5) is 12.5. The quantitative estimate of drug-likeness (QED) is 0.129. The number of methoxy groups -OCH3 is 4. The standard InChI is InChI=1S/C33H37NO9/c1-6-14-42-31-22(8-7-13-34(37)33(36)21-9-11-26(35)12-10-21)15-23(16-28(31)38-2)25-19-27(43-20-25)24-17-29(39-3)32(41-5)30(18-24)40-4/h9-12,15-18,25,27,35,37H,6,8,14,19-20H2,1-5H3. The molecule has 0 aliphatic carbocycles. The van der Waals surface area contributed by atoms with Crippen molar-refractivity contribution in [3.63, 3.8) is 0 Å². The van der Waals surface area contributed by atoms with E-state index in [0.717, 1.165) is 23.1 Å². The molecule has 10 nitrogen and oxygen atoms in total. The number of aromatic hydroxyl groups is 1. The zero-order chi connectivity index (χ0) is 30.9. The van der Waals surface area contributed by atoms with E-state index in [-0.39, 0.29) is 29.8 Å². The Hall–Kier alpha value is -4.59. The molecule has 3 aromatic rings. The van der Waals surface area contributed by atoms with Crippen LogP contribution in [-0.4, -0.2) is 62.9 Å². The van der Waals surface area contributed by atoms with Gasteiger partial charge in [-0.05, 0) is 66.4 Å². The highest BCUT2D eigenvalue weighted by molar-refractivity contribution is 5.94. The van der Waals surface area contributed by atoms with E-state index in [2.05, 4.69) is 12.0 Å². The molecule has 2 atom stereocenters. The highest BCUT2D eigenvalue weighted by Crippen LogP contribution is 2.46. The number of carbonyl (C=O) groups is 1. The summed E-state index contributed by atoms with van der Waals surface area (Å²) in [6, 6.07) is 15.8. The van der Waals surface area contributed by atoms with Crippen LogP contribution in [0.4, 0.5) is 0 Å². The molecule has 0 saturated carbocycles. The maximum absolute atomic E-state index is 12.5. The minimum Gasteiger partial charge on any atom is -0.508 e. The molecule has 10 heteroatoms. The molecule has 43 heavy (non-hydrogen) atoms. The molecule has 1 amide bonds. The van der Waals surface area contributed by atoms with Crippen molar-refractivity contribution in [2.75, 3.05) is 41.7 Å². The number of ether oxygens (including phenoxy) is 6. The zero-order valence-corrected chi connectivity index (χ0v) is 25.0. The molecule has 1 aliphatic rings. The van der Waals surface area contributed by atoms with E-state index < -0.39 is 5.91 Å². The molecule has 4 rings (SSSR count). The maximum Gasteiger partial charge on any atom is 0.289 e. The number of nitrogens with zero attached hydrogens (tertiary/aromatic N) is 1. The minimum absolute atomic E-state index is 0.0167. The number of carbonyl (C=O) groups excluding carboxylic acids is 1. The van der Waals surface area contributed by atoms with Gasteiger partial charge in [-0.2, -0.15) is 0 Å². The van der Waals surface area contributed by atoms with E-state index in [0.29, 0.717) is 53.4 Å². The Morgan fingerprint density at radius 1 is 0.930 bits per heavy atom. The predicted octanol–water partition coefficient (Wildman–Crippen LogP) is 5.50. The van der Waals surface area contributed by atoms with Gasteiger partial charge in [0, 0.05) is 29.5 Å². The lowest BCUT2D eigenvalue weighted by Gasteiger charge is -2.18. The van der Waals surface area contributed by atoms with Gasteiger partial charge < -0.3 is 33.5 Å². The summed E-state index contributed by atoms with van der Waals surface area (Å²) in [6.45, 7) is 2.98. The largest absolute Gasteiger partial charge is 0.508 e. The molecule has 1 fully saturated rings. The lowest BCUT2D eigenvalue weighted by molar-refractivity contribution is -0.0117. The van der Waals surface area contributed by atoms with Crippen LogP contribution in [0.1, 0.15) is 58.8 Å². The third-order valence-electron chi connectivity index (χ3n) is 7.12. The summed E-state index contributed by atoms with van der Waals surface area (Å²) in [5.41, 5.74) is 2.86. The second kappa shape index (κ2) is 14.5. The first-order valence-corrected chi connectivity index (χ1v) is 13.9. The van der Waals surface area contributed by atoms with Crippen molar-refractivity contribution in [2.24, 2.45) is 0 Å². The molecule has 2 unspecified atom stereocenters. The minimum atomic E-state index is -0.706. The second-order valence-corrected chi connectivity index (χ2v) is 9.90. The second-order valence-electron chi connectivity index (χ2n) is 9.90. The predicted molar refractivity (Wildman–Crippen MR) is 158 cm³/mol. The maximum atomic E-state index is 12.5. The molecule has 3 aromatic carbocycles. The van der Waals surface area contributed by atoms with Crippen LogP contribution < -0.4 is 23.7 Å². The molecule has 228 valence electrons. The van der Waals surface area contributed by atoms with Crippen molar-refractivity contribution in [2.45, 2.75) is 38.2 Å². The Bertz CT molecular complexity index is 1450. The molecule has 2 N–H and O–H groups in total. The SMILES string of the molecule is CCCOc1c(CC#CN(O)C(=O)c2ccc(O)cc2)cc(C2COC(c3cc(OC)c(OC)c(OC)c3)C2)cc1OC. The highest BCUT2D eigenvalue weighted by atomic mass is 16.5. The summed E-state index contributed by atoms with van der Waals surface area (Å²) in [5.74, 6) is 5.01. The average Bonchev–Trinajstić information content (AvgIpc) is 3.53. The van der Waals surface area contributed by atoms with Gasteiger partial charge >= 0.3 is 0 Å². The van der Waals surface area contributed by atoms with Crippen LogP contribution >= 0.6 is 0 Å². The van der Waals surface area contributed by atoms with E-state index in [1.54, 1.807) is 28.4 Å². The number of amides is 1. The van der Waals surface area contributed by atoms with Gasteiger partial charge in [-0.3, -0.25) is 10.0 Å². The normalized spacial score (nSPS) is 15.7. The molecule has 0 radical (unpaired) electrons. The van der Waals surface area contributed by atoms with E-state index in [1.807, 2.05) is 31.2 Å². The fraction of sp³-hybridized carbons (Fsp3) is 0.364. The van der Waals surface area contributed by atoms with Crippen LogP contribution in [0.25, 0.3) is 0 Å². The van der Waals surface area contributed by atoms with Crippen molar-refractivity contribution in [3.05, 3.63) is 70.8 Å². The van der Waals surface area contributed by atoms with Crippen LogP contribution in [-0.2, 0) is 11.2 Å². The van der Waals surface area contributed by atoms with Crippen LogP contribution in [0.3, 0.4) is 0 Å². The third-order valence-corrected chi connectivity index (χ3v) is 7.12. The first-order valence-electron chi connectivity index (χ1n) is 13.9. The molecule has 1 heterocycles. The molecular weight excluding hydrogens is 554 g/mol. The van der Waals surface area contributed by atoms with Crippen molar-refractivity contribution in [3.8, 4) is 46.5 Å². The van der Waals surface area contributed by atoms with Crippen molar-refractivity contribution in [1.29, 1.82) is 0 Å². The Balaban J connectivity index is 1.59. The zero-order valence-electron chi connectivity index (χ0n) is 25.0. The molecule has 0 aromatic heterocycles. The highest BCUT2D eigenvalue weighted by Gasteiger charge is 2.31. The Labute approximate surface area is 251 Å². The molecule has 0 spiro atoms. The van der Waals surface area contributed by atoms with Crippen molar-refractivity contribution >= 4 is 5.91 Å². The summed E-state index contributed by atoms with van der Waals surface area (Å²) in [7, 11) is 6.31. The van der Waals surface area contributed by atoms with Gasteiger partial charge in [0.15, 0.2) is 23.0 Å². The first kappa shape index (κ1) is 31.3. The summed E-state index contributed by atoms with van der Waals surface area (Å²) in [6.07, 6.45) is 1.49. The smallest absolute Gasteiger partial charge is 0.289 e. The van der Waals surface area contributed by atoms with Gasteiger partial charge in [0.05, 0.1) is 47.8 Å². The first-order chi connectivity index (χ1) is 20.8. The van der Waals surface area contributed by atoms with Crippen LogP contribution in [0, 0.1) is 12.0 Å². The Morgan fingerprint density at radius 2 is 1.56 bits per heavy atom. The molecular formula is C33H37NO9. The average molecular weight is 592 g/mol. The van der Waals surface area contributed by atoms with Crippen molar-refractivity contribution in [1.82, 2.24) is 5.06 Å². The van der Waals surface area contributed by atoms with Gasteiger partial charge in [-0.15, -0.1) is 5.06 Å². The van der Waals surface area contributed by atoms with Gasteiger partial charge in [0.2, 0.25) is 5.75 Å². The number of phenols is 1. The van der Waals surface area contributed by atoms with E-state index in [4.69, 9.17) is 28.4 Å². The molecule has 0 bridgehead atoms. The van der Waals surface area contributed by atoms with E-state index in [9.17, 15) is 15.1 Å². The number of phenolic OH excluding ortho intramolecular Hbond substituents is 1. The van der Waals surface area contributed by atoms with Crippen LogP contribution in [0.2, 0.25) is 0 Å². The van der Waals surface area contributed by atoms with Gasteiger partial charge in [-0.25, -0.2) is 0 Å². The van der Waals surface area contributed by atoms with E-state index in [1.165, 1.54) is 24.3 Å². The summed E-state index contributed by atoms with van der Waals surface area (Å²) in [5, 5.41) is 20.0.